The molecule has 1 amide bonds. The molecule has 0 unspecified atom stereocenters. The third kappa shape index (κ3) is 5.17. The molecule has 2 rings (SSSR count). The molecule has 5 nitrogen and oxygen atoms in total. The summed E-state index contributed by atoms with van der Waals surface area (Å²) in [5.74, 6) is -0.634. The lowest BCUT2D eigenvalue weighted by Crippen LogP contribution is -2.41. The molecule has 0 aliphatic heterocycles. The van der Waals surface area contributed by atoms with Gasteiger partial charge in [0.05, 0.1) is 21.2 Å². The summed E-state index contributed by atoms with van der Waals surface area (Å²) in [6, 6.07) is 9.86. The zero-order chi connectivity index (χ0) is 20.9. The van der Waals surface area contributed by atoms with Crippen LogP contribution in [0.15, 0.2) is 53.4 Å². The van der Waals surface area contributed by atoms with Crippen LogP contribution in [0.3, 0.4) is 0 Å². The molecule has 0 bridgehead atoms. The summed E-state index contributed by atoms with van der Waals surface area (Å²) in [7, 11) is -4.29. The van der Waals surface area contributed by atoms with Gasteiger partial charge in [-0.05, 0) is 36.8 Å². The Morgan fingerprint density at radius 1 is 1.14 bits per heavy atom. The Morgan fingerprint density at radius 3 is 2.36 bits per heavy atom. The van der Waals surface area contributed by atoms with Gasteiger partial charge in [0.1, 0.15) is 6.54 Å². The zero-order valence-corrected chi connectivity index (χ0v) is 16.4. The SMILES string of the molecule is CCCNC(=O)CN(c1ccc(Cl)c(C(F)(F)F)c1)S(=O)(=O)c1ccccc1. The molecule has 0 fully saturated rings. The fourth-order valence-corrected chi connectivity index (χ4v) is 4.03. The quantitative estimate of drug-likeness (QED) is 0.714. The lowest BCUT2D eigenvalue weighted by Gasteiger charge is -2.25. The van der Waals surface area contributed by atoms with Crippen LogP contribution in [-0.4, -0.2) is 27.4 Å². The van der Waals surface area contributed by atoms with Gasteiger partial charge in [0.25, 0.3) is 10.0 Å². The number of alkyl halides is 3. The third-order valence-corrected chi connectivity index (χ3v) is 5.85. The third-order valence-electron chi connectivity index (χ3n) is 3.73. The highest BCUT2D eigenvalue weighted by Gasteiger charge is 2.35. The molecule has 152 valence electrons. The maximum absolute atomic E-state index is 13.2. The predicted molar refractivity (Wildman–Crippen MR) is 101 cm³/mol. The van der Waals surface area contributed by atoms with Crippen molar-refractivity contribution in [2.24, 2.45) is 0 Å². The monoisotopic (exact) mass is 434 g/mol. The second-order valence-electron chi connectivity index (χ2n) is 5.84. The van der Waals surface area contributed by atoms with Gasteiger partial charge in [-0.1, -0.05) is 36.7 Å². The van der Waals surface area contributed by atoms with Crippen molar-refractivity contribution in [3.8, 4) is 0 Å². The smallest absolute Gasteiger partial charge is 0.355 e. The molecule has 2 aromatic carbocycles. The van der Waals surface area contributed by atoms with E-state index in [-0.39, 0.29) is 10.6 Å². The molecule has 0 saturated heterocycles. The van der Waals surface area contributed by atoms with Crippen LogP contribution >= 0.6 is 11.6 Å². The highest BCUT2D eigenvalue weighted by molar-refractivity contribution is 7.92. The van der Waals surface area contributed by atoms with Gasteiger partial charge in [0, 0.05) is 6.54 Å². The highest BCUT2D eigenvalue weighted by atomic mass is 35.5. The Morgan fingerprint density at radius 2 is 1.79 bits per heavy atom. The molecule has 0 aromatic heterocycles. The van der Waals surface area contributed by atoms with Crippen molar-refractivity contribution in [3.63, 3.8) is 0 Å². The van der Waals surface area contributed by atoms with Crippen molar-refractivity contribution in [1.29, 1.82) is 0 Å². The lowest BCUT2D eigenvalue weighted by atomic mass is 10.2. The molecule has 0 aliphatic carbocycles. The molecule has 1 N–H and O–H groups in total. The first-order valence-corrected chi connectivity index (χ1v) is 10.1. The van der Waals surface area contributed by atoms with Gasteiger partial charge in [-0.25, -0.2) is 8.42 Å². The van der Waals surface area contributed by atoms with E-state index in [1.165, 1.54) is 24.3 Å². The average molecular weight is 435 g/mol. The number of benzene rings is 2. The minimum absolute atomic E-state index is 0.151. The number of hydrogen-bond donors (Lipinski definition) is 1. The number of carbonyl (C=O) groups excluding carboxylic acids is 1. The fourth-order valence-electron chi connectivity index (χ4n) is 2.37. The molecule has 28 heavy (non-hydrogen) atoms. The predicted octanol–water partition coefficient (Wildman–Crippen LogP) is 4.08. The molecule has 10 heteroatoms. The molecule has 0 saturated carbocycles. The summed E-state index contributed by atoms with van der Waals surface area (Å²) in [6.07, 6.45) is -4.16. The van der Waals surface area contributed by atoms with E-state index < -0.39 is 39.2 Å². The van der Waals surface area contributed by atoms with Crippen LogP contribution in [0.25, 0.3) is 0 Å². The maximum Gasteiger partial charge on any atom is 0.417 e. The molecule has 2 aromatic rings. The summed E-state index contributed by atoms with van der Waals surface area (Å²) in [5, 5.41) is 1.95. The Labute approximate surface area is 166 Å². The Balaban J connectivity index is 2.55. The number of hydrogen-bond acceptors (Lipinski definition) is 3. The molecular weight excluding hydrogens is 417 g/mol. The normalized spacial score (nSPS) is 11.9. The van der Waals surface area contributed by atoms with E-state index in [1.807, 2.05) is 6.92 Å². The Bertz CT molecular complexity index is 935. The van der Waals surface area contributed by atoms with Crippen molar-refractivity contribution in [3.05, 3.63) is 59.1 Å². The number of rotatable bonds is 7. The number of sulfonamides is 1. The average Bonchev–Trinajstić information content (AvgIpc) is 2.64. The molecule has 0 aliphatic rings. The summed E-state index contributed by atoms with van der Waals surface area (Å²) in [6.45, 7) is 1.45. The van der Waals surface area contributed by atoms with Gasteiger partial charge in [-0.2, -0.15) is 13.2 Å². The van der Waals surface area contributed by atoms with Crippen molar-refractivity contribution >= 4 is 33.2 Å². The van der Waals surface area contributed by atoms with E-state index in [2.05, 4.69) is 5.32 Å². The van der Waals surface area contributed by atoms with Gasteiger partial charge >= 0.3 is 6.18 Å². The van der Waals surface area contributed by atoms with Crippen LogP contribution in [0.1, 0.15) is 18.9 Å². The zero-order valence-electron chi connectivity index (χ0n) is 14.8. The van der Waals surface area contributed by atoms with E-state index in [9.17, 15) is 26.4 Å². The first-order chi connectivity index (χ1) is 13.1. The van der Waals surface area contributed by atoms with E-state index in [0.29, 0.717) is 23.3 Å². The van der Waals surface area contributed by atoms with Crippen molar-refractivity contribution < 1.29 is 26.4 Å². The van der Waals surface area contributed by atoms with Crippen LogP contribution in [-0.2, 0) is 21.0 Å². The minimum atomic E-state index is -4.78. The number of amides is 1. The van der Waals surface area contributed by atoms with Crippen molar-refractivity contribution in [2.45, 2.75) is 24.4 Å². The molecular formula is C18H18ClF3N2O3S. The standard InChI is InChI=1S/C18H18ClF3N2O3S/c1-2-10-23-17(25)12-24(28(26,27)14-6-4-3-5-7-14)13-8-9-16(19)15(11-13)18(20,21)22/h3-9,11H,2,10,12H2,1H3,(H,23,25). The Kier molecular flexibility index (Phi) is 6.95. The minimum Gasteiger partial charge on any atom is -0.355 e. The van der Waals surface area contributed by atoms with Gasteiger partial charge in [0.15, 0.2) is 0 Å². The van der Waals surface area contributed by atoms with Crippen molar-refractivity contribution in [2.75, 3.05) is 17.4 Å². The second-order valence-corrected chi connectivity index (χ2v) is 8.11. The summed E-state index contributed by atoms with van der Waals surface area (Å²) in [4.78, 5) is 12.0. The molecule has 0 radical (unpaired) electrons. The molecule has 0 atom stereocenters. The topological polar surface area (TPSA) is 66.5 Å². The summed E-state index contributed by atoms with van der Waals surface area (Å²) >= 11 is 5.62. The lowest BCUT2D eigenvalue weighted by molar-refractivity contribution is -0.137. The van der Waals surface area contributed by atoms with E-state index >= 15 is 0 Å². The van der Waals surface area contributed by atoms with E-state index in [0.717, 1.165) is 12.1 Å². The van der Waals surface area contributed by atoms with Gasteiger partial charge in [-0.3, -0.25) is 9.10 Å². The van der Waals surface area contributed by atoms with Crippen LogP contribution in [0.5, 0.6) is 0 Å². The number of anilines is 1. The van der Waals surface area contributed by atoms with Gasteiger partial charge in [0.2, 0.25) is 5.91 Å². The molecule has 0 heterocycles. The summed E-state index contributed by atoms with van der Waals surface area (Å²) < 4.78 is 66.3. The number of carbonyl (C=O) groups is 1. The van der Waals surface area contributed by atoms with Gasteiger partial charge < -0.3 is 5.32 Å². The number of halogens is 4. The Hall–Kier alpha value is -2.26. The van der Waals surface area contributed by atoms with Crippen LogP contribution in [0.4, 0.5) is 18.9 Å². The highest BCUT2D eigenvalue weighted by Crippen LogP contribution is 2.37. The van der Waals surface area contributed by atoms with Crippen LogP contribution in [0, 0.1) is 0 Å². The van der Waals surface area contributed by atoms with Crippen LogP contribution < -0.4 is 9.62 Å². The largest absolute Gasteiger partial charge is 0.417 e. The van der Waals surface area contributed by atoms with E-state index in [4.69, 9.17) is 11.6 Å². The summed E-state index contributed by atoms with van der Waals surface area (Å²) in [5.41, 5.74) is -1.50. The first kappa shape index (κ1) is 22.0. The van der Waals surface area contributed by atoms with Crippen LogP contribution in [0.2, 0.25) is 5.02 Å². The van der Waals surface area contributed by atoms with Crippen molar-refractivity contribution in [1.82, 2.24) is 5.32 Å². The second kappa shape index (κ2) is 8.83. The van der Waals surface area contributed by atoms with Gasteiger partial charge in [-0.15, -0.1) is 0 Å². The molecule has 0 spiro atoms. The van der Waals surface area contributed by atoms with E-state index in [1.54, 1.807) is 6.07 Å². The fraction of sp³-hybridized carbons (Fsp3) is 0.278. The number of nitrogens with zero attached hydrogens (tertiary/aromatic N) is 1. The first-order valence-electron chi connectivity index (χ1n) is 8.28. The maximum atomic E-state index is 13.2. The number of nitrogens with one attached hydrogen (secondary N) is 1.